The summed E-state index contributed by atoms with van der Waals surface area (Å²) in [7, 11) is 0. The second kappa shape index (κ2) is 4.37. The average molecular weight is 239 g/mol. The van der Waals surface area contributed by atoms with E-state index in [1.54, 1.807) is 0 Å². The van der Waals surface area contributed by atoms with Crippen LogP contribution in [0.25, 0.3) is 10.9 Å². The van der Waals surface area contributed by atoms with Crippen molar-refractivity contribution < 1.29 is 0 Å². The van der Waals surface area contributed by atoms with E-state index in [-0.39, 0.29) is 0 Å². The van der Waals surface area contributed by atoms with E-state index < -0.39 is 0 Å². The van der Waals surface area contributed by atoms with E-state index in [0.717, 1.165) is 22.5 Å². The van der Waals surface area contributed by atoms with Crippen molar-refractivity contribution in [2.24, 2.45) is 0 Å². The molecule has 0 spiro atoms. The standard InChI is InChI=1S/C11H11ClN2S/c1-3-7-5-4-6-8-9(7)13-11(15-2)14-10(8)12/h4-6H,3H2,1-2H3. The molecule has 78 valence electrons. The Kier molecular flexibility index (Phi) is 3.12. The number of thioether (sulfide) groups is 1. The molecule has 0 radical (unpaired) electrons. The Morgan fingerprint density at radius 2 is 2.13 bits per heavy atom. The molecule has 0 aliphatic rings. The third kappa shape index (κ3) is 1.94. The summed E-state index contributed by atoms with van der Waals surface area (Å²) in [5.41, 5.74) is 2.19. The molecule has 0 atom stereocenters. The Morgan fingerprint density at radius 1 is 1.33 bits per heavy atom. The minimum Gasteiger partial charge on any atom is -0.222 e. The van der Waals surface area contributed by atoms with Gasteiger partial charge in [0.15, 0.2) is 5.16 Å². The lowest BCUT2D eigenvalue weighted by Crippen LogP contribution is -1.93. The highest BCUT2D eigenvalue weighted by Crippen LogP contribution is 2.25. The predicted molar refractivity (Wildman–Crippen MR) is 65.7 cm³/mol. The fourth-order valence-electron chi connectivity index (χ4n) is 1.53. The van der Waals surface area contributed by atoms with Gasteiger partial charge in [-0.2, -0.15) is 0 Å². The number of hydrogen-bond acceptors (Lipinski definition) is 3. The molecule has 2 rings (SSSR count). The Bertz CT molecular complexity index is 499. The molecule has 2 aromatic rings. The summed E-state index contributed by atoms with van der Waals surface area (Å²) in [4.78, 5) is 8.71. The first kappa shape index (κ1) is 10.7. The van der Waals surface area contributed by atoms with Crippen LogP contribution in [0, 0.1) is 0 Å². The van der Waals surface area contributed by atoms with Crippen LogP contribution < -0.4 is 0 Å². The monoisotopic (exact) mass is 238 g/mol. The molecule has 2 nitrogen and oxygen atoms in total. The second-order valence-corrected chi connectivity index (χ2v) is 4.30. The molecule has 4 heteroatoms. The van der Waals surface area contributed by atoms with Gasteiger partial charge < -0.3 is 0 Å². The first-order valence-corrected chi connectivity index (χ1v) is 6.35. The van der Waals surface area contributed by atoms with Gasteiger partial charge in [0.2, 0.25) is 0 Å². The molecule has 0 N–H and O–H groups in total. The Hall–Kier alpha value is -0.800. The van der Waals surface area contributed by atoms with Crippen molar-refractivity contribution in [3.05, 3.63) is 28.9 Å². The Labute approximate surface area is 98.1 Å². The van der Waals surface area contributed by atoms with Gasteiger partial charge in [-0.3, -0.25) is 0 Å². The molecule has 0 amide bonds. The highest BCUT2D eigenvalue weighted by atomic mass is 35.5. The maximum absolute atomic E-state index is 6.11. The van der Waals surface area contributed by atoms with Crippen LogP contribution in [-0.4, -0.2) is 16.2 Å². The van der Waals surface area contributed by atoms with Crippen molar-refractivity contribution in [1.82, 2.24) is 9.97 Å². The maximum atomic E-state index is 6.11. The van der Waals surface area contributed by atoms with Crippen LogP contribution in [0.1, 0.15) is 12.5 Å². The van der Waals surface area contributed by atoms with Gasteiger partial charge in [-0.25, -0.2) is 9.97 Å². The number of benzene rings is 1. The summed E-state index contributed by atoms with van der Waals surface area (Å²) >= 11 is 7.62. The molecule has 0 bridgehead atoms. The van der Waals surface area contributed by atoms with Crippen LogP contribution >= 0.6 is 23.4 Å². The van der Waals surface area contributed by atoms with Gasteiger partial charge in [0.1, 0.15) is 5.15 Å². The summed E-state index contributed by atoms with van der Waals surface area (Å²) in [6, 6.07) is 6.03. The third-order valence-electron chi connectivity index (χ3n) is 2.31. The average Bonchev–Trinajstić information content (AvgIpc) is 2.28. The van der Waals surface area contributed by atoms with Crippen molar-refractivity contribution in [1.29, 1.82) is 0 Å². The second-order valence-electron chi connectivity index (χ2n) is 3.17. The van der Waals surface area contributed by atoms with Crippen molar-refractivity contribution in [2.75, 3.05) is 6.26 Å². The highest BCUT2D eigenvalue weighted by molar-refractivity contribution is 7.98. The van der Waals surface area contributed by atoms with Gasteiger partial charge in [-0.05, 0) is 24.3 Å². The van der Waals surface area contributed by atoms with Crippen LogP contribution in [-0.2, 0) is 6.42 Å². The van der Waals surface area contributed by atoms with Crippen molar-refractivity contribution in [2.45, 2.75) is 18.5 Å². The van der Waals surface area contributed by atoms with E-state index >= 15 is 0 Å². The van der Waals surface area contributed by atoms with Gasteiger partial charge in [0.05, 0.1) is 5.52 Å². The van der Waals surface area contributed by atoms with Crippen molar-refractivity contribution in [3.63, 3.8) is 0 Å². The zero-order chi connectivity index (χ0) is 10.8. The number of fused-ring (bicyclic) bond motifs is 1. The van der Waals surface area contributed by atoms with Crippen LogP contribution in [0.2, 0.25) is 5.15 Å². The largest absolute Gasteiger partial charge is 0.222 e. The lowest BCUT2D eigenvalue weighted by molar-refractivity contribution is 0.996. The normalized spacial score (nSPS) is 10.9. The maximum Gasteiger partial charge on any atom is 0.189 e. The number of aryl methyl sites for hydroxylation is 1. The molecule has 0 aliphatic carbocycles. The number of nitrogens with zero attached hydrogens (tertiary/aromatic N) is 2. The lowest BCUT2D eigenvalue weighted by atomic mass is 10.1. The first-order chi connectivity index (χ1) is 7.26. The molecular weight excluding hydrogens is 228 g/mol. The van der Waals surface area contributed by atoms with Crippen LogP contribution in [0.15, 0.2) is 23.4 Å². The van der Waals surface area contributed by atoms with Gasteiger partial charge in [0.25, 0.3) is 0 Å². The quantitative estimate of drug-likeness (QED) is 0.455. The third-order valence-corrected chi connectivity index (χ3v) is 3.14. The van der Waals surface area contributed by atoms with Crippen LogP contribution in [0.4, 0.5) is 0 Å². The van der Waals surface area contributed by atoms with Gasteiger partial charge in [0, 0.05) is 5.39 Å². The molecule has 1 aromatic carbocycles. The minimum absolute atomic E-state index is 0.541. The van der Waals surface area contributed by atoms with Gasteiger partial charge in [-0.1, -0.05) is 42.4 Å². The summed E-state index contributed by atoms with van der Waals surface area (Å²) in [5, 5.41) is 2.21. The number of halogens is 1. The van der Waals surface area contributed by atoms with Gasteiger partial charge >= 0.3 is 0 Å². The number of rotatable bonds is 2. The molecule has 1 heterocycles. The van der Waals surface area contributed by atoms with E-state index in [1.165, 1.54) is 17.3 Å². The topological polar surface area (TPSA) is 25.8 Å². The molecule has 0 saturated carbocycles. The van der Waals surface area contributed by atoms with E-state index in [0.29, 0.717) is 5.15 Å². The van der Waals surface area contributed by atoms with E-state index in [4.69, 9.17) is 11.6 Å². The summed E-state index contributed by atoms with van der Waals surface area (Å²) < 4.78 is 0. The molecule has 1 aromatic heterocycles. The summed E-state index contributed by atoms with van der Waals surface area (Å²) in [6.07, 6.45) is 2.91. The van der Waals surface area contributed by atoms with E-state index in [1.807, 2.05) is 18.4 Å². The van der Waals surface area contributed by atoms with Crippen molar-refractivity contribution >= 4 is 34.3 Å². The van der Waals surface area contributed by atoms with Crippen LogP contribution in [0.5, 0.6) is 0 Å². The molecule has 0 saturated heterocycles. The number of hydrogen-bond donors (Lipinski definition) is 0. The van der Waals surface area contributed by atoms with E-state index in [9.17, 15) is 0 Å². The smallest absolute Gasteiger partial charge is 0.189 e. The molecular formula is C11H11ClN2S. The minimum atomic E-state index is 0.541. The van der Waals surface area contributed by atoms with E-state index in [2.05, 4.69) is 23.0 Å². The Balaban J connectivity index is 2.79. The number of aromatic nitrogens is 2. The van der Waals surface area contributed by atoms with Crippen molar-refractivity contribution in [3.8, 4) is 0 Å². The molecule has 0 aliphatic heterocycles. The molecule has 15 heavy (non-hydrogen) atoms. The predicted octanol–water partition coefficient (Wildman–Crippen LogP) is 3.57. The summed E-state index contributed by atoms with van der Waals surface area (Å²) in [5.74, 6) is 0. The molecule has 0 fully saturated rings. The Morgan fingerprint density at radius 3 is 2.80 bits per heavy atom. The first-order valence-electron chi connectivity index (χ1n) is 4.75. The zero-order valence-corrected chi connectivity index (χ0v) is 10.2. The summed E-state index contributed by atoms with van der Waals surface area (Å²) in [6.45, 7) is 2.11. The molecule has 0 unspecified atom stereocenters. The fraction of sp³-hybridized carbons (Fsp3) is 0.273. The highest BCUT2D eigenvalue weighted by Gasteiger charge is 2.07. The lowest BCUT2D eigenvalue weighted by Gasteiger charge is -2.05. The van der Waals surface area contributed by atoms with Crippen LogP contribution in [0.3, 0.4) is 0 Å². The fourth-order valence-corrected chi connectivity index (χ4v) is 2.18. The zero-order valence-electron chi connectivity index (χ0n) is 8.62. The number of para-hydroxylation sites is 1. The SMILES string of the molecule is CCc1cccc2c(Cl)nc(SC)nc12. The van der Waals surface area contributed by atoms with Gasteiger partial charge in [-0.15, -0.1) is 0 Å².